The number of benzene rings is 1. The lowest BCUT2D eigenvalue weighted by atomic mass is 10.1. The first-order valence-electron chi connectivity index (χ1n) is 3.89. The minimum atomic E-state index is 0.745. The highest BCUT2D eigenvalue weighted by Crippen LogP contribution is 2.22. The standard InChI is InChI=1S/C9H11N3/c1-5-3-7-6(2)11-12-9(7)8(10)4-5/h3-4H,10H2,1-2H3,(H,11,12). The summed E-state index contributed by atoms with van der Waals surface area (Å²) in [6, 6.07) is 4.02. The average Bonchev–Trinajstić information content (AvgIpc) is 2.33. The number of nitrogen functional groups attached to an aromatic ring is 1. The number of nitrogens with zero attached hydrogens (tertiary/aromatic N) is 1. The van der Waals surface area contributed by atoms with Gasteiger partial charge in [-0.2, -0.15) is 5.10 Å². The number of aryl methyl sites for hydroxylation is 2. The number of anilines is 1. The fraction of sp³-hybridized carbons (Fsp3) is 0.222. The van der Waals surface area contributed by atoms with Gasteiger partial charge in [0.25, 0.3) is 0 Å². The molecule has 12 heavy (non-hydrogen) atoms. The van der Waals surface area contributed by atoms with E-state index in [9.17, 15) is 0 Å². The highest BCUT2D eigenvalue weighted by Gasteiger charge is 2.04. The maximum atomic E-state index is 5.79. The molecular weight excluding hydrogens is 150 g/mol. The Morgan fingerprint density at radius 2 is 2.08 bits per heavy atom. The lowest BCUT2D eigenvalue weighted by molar-refractivity contribution is 1.07. The molecule has 0 aliphatic heterocycles. The van der Waals surface area contributed by atoms with E-state index in [-0.39, 0.29) is 0 Å². The molecule has 1 aromatic carbocycles. The molecule has 0 aliphatic rings. The molecule has 0 unspecified atom stereocenters. The number of rotatable bonds is 0. The van der Waals surface area contributed by atoms with Gasteiger partial charge in [0.2, 0.25) is 0 Å². The zero-order chi connectivity index (χ0) is 8.72. The van der Waals surface area contributed by atoms with Crippen molar-refractivity contribution in [3.05, 3.63) is 23.4 Å². The third-order valence-electron chi connectivity index (χ3n) is 2.02. The number of H-pyrrole nitrogens is 1. The van der Waals surface area contributed by atoms with Gasteiger partial charge in [0, 0.05) is 11.1 Å². The summed E-state index contributed by atoms with van der Waals surface area (Å²) in [4.78, 5) is 0. The maximum absolute atomic E-state index is 5.79. The van der Waals surface area contributed by atoms with Crippen LogP contribution in [0.4, 0.5) is 5.69 Å². The van der Waals surface area contributed by atoms with E-state index in [0.29, 0.717) is 0 Å². The third kappa shape index (κ3) is 0.863. The third-order valence-corrected chi connectivity index (χ3v) is 2.02. The van der Waals surface area contributed by atoms with Crippen molar-refractivity contribution < 1.29 is 0 Å². The smallest absolute Gasteiger partial charge is 0.115 e. The second-order valence-electron chi connectivity index (χ2n) is 3.10. The summed E-state index contributed by atoms with van der Waals surface area (Å²) in [6.45, 7) is 4.02. The Hall–Kier alpha value is -1.51. The number of hydrogen-bond acceptors (Lipinski definition) is 2. The van der Waals surface area contributed by atoms with E-state index in [1.54, 1.807) is 0 Å². The first kappa shape index (κ1) is 7.16. The largest absolute Gasteiger partial charge is 0.397 e. The Labute approximate surface area is 70.6 Å². The van der Waals surface area contributed by atoms with Crippen LogP contribution in [0.1, 0.15) is 11.3 Å². The van der Waals surface area contributed by atoms with E-state index in [0.717, 1.165) is 22.3 Å². The van der Waals surface area contributed by atoms with Crippen LogP contribution in [-0.4, -0.2) is 10.2 Å². The highest BCUT2D eigenvalue weighted by molar-refractivity contribution is 5.91. The van der Waals surface area contributed by atoms with Gasteiger partial charge in [-0.05, 0) is 31.5 Å². The summed E-state index contributed by atoms with van der Waals surface area (Å²) in [7, 11) is 0. The summed E-state index contributed by atoms with van der Waals surface area (Å²) in [5.74, 6) is 0. The van der Waals surface area contributed by atoms with Gasteiger partial charge in [-0.25, -0.2) is 0 Å². The molecule has 62 valence electrons. The van der Waals surface area contributed by atoms with Crippen molar-refractivity contribution in [3.8, 4) is 0 Å². The van der Waals surface area contributed by atoms with Crippen molar-refractivity contribution in [1.29, 1.82) is 0 Å². The van der Waals surface area contributed by atoms with Crippen molar-refractivity contribution in [1.82, 2.24) is 10.2 Å². The molecule has 0 saturated carbocycles. The predicted molar refractivity (Wildman–Crippen MR) is 50.0 cm³/mol. The van der Waals surface area contributed by atoms with E-state index in [4.69, 9.17) is 5.73 Å². The van der Waals surface area contributed by atoms with E-state index >= 15 is 0 Å². The normalized spacial score (nSPS) is 10.8. The van der Waals surface area contributed by atoms with Crippen LogP contribution >= 0.6 is 0 Å². The minimum Gasteiger partial charge on any atom is -0.397 e. The Morgan fingerprint density at radius 3 is 2.83 bits per heavy atom. The van der Waals surface area contributed by atoms with Crippen LogP contribution in [0.15, 0.2) is 12.1 Å². The summed E-state index contributed by atoms with van der Waals surface area (Å²) < 4.78 is 0. The van der Waals surface area contributed by atoms with Crippen molar-refractivity contribution in [3.63, 3.8) is 0 Å². The molecule has 3 N–H and O–H groups in total. The lowest BCUT2D eigenvalue weighted by Crippen LogP contribution is -1.87. The van der Waals surface area contributed by atoms with Gasteiger partial charge in [0.05, 0.1) is 5.69 Å². The molecule has 0 fully saturated rings. The van der Waals surface area contributed by atoms with Gasteiger partial charge in [-0.3, -0.25) is 5.10 Å². The van der Waals surface area contributed by atoms with Gasteiger partial charge >= 0.3 is 0 Å². The van der Waals surface area contributed by atoms with Crippen LogP contribution in [0.5, 0.6) is 0 Å². The van der Waals surface area contributed by atoms with Crippen LogP contribution < -0.4 is 5.73 Å². The second kappa shape index (κ2) is 2.24. The molecule has 0 radical (unpaired) electrons. The Balaban J connectivity index is 2.92. The number of nitrogens with two attached hydrogens (primary N) is 1. The van der Waals surface area contributed by atoms with E-state index in [1.807, 2.05) is 19.9 Å². The summed E-state index contributed by atoms with van der Waals surface area (Å²) in [6.07, 6.45) is 0. The van der Waals surface area contributed by atoms with Gasteiger partial charge in [-0.15, -0.1) is 0 Å². The Bertz CT molecular complexity index is 429. The Kier molecular flexibility index (Phi) is 1.33. The molecule has 2 aromatic rings. The number of fused-ring (bicyclic) bond motifs is 1. The molecule has 2 rings (SSSR count). The molecule has 0 spiro atoms. The van der Waals surface area contributed by atoms with E-state index in [2.05, 4.69) is 16.3 Å². The van der Waals surface area contributed by atoms with Crippen LogP contribution in [0.25, 0.3) is 10.9 Å². The maximum Gasteiger partial charge on any atom is 0.115 e. The molecule has 3 heteroatoms. The van der Waals surface area contributed by atoms with Crippen LogP contribution in [0.2, 0.25) is 0 Å². The summed E-state index contributed by atoms with van der Waals surface area (Å²) >= 11 is 0. The molecule has 0 saturated heterocycles. The monoisotopic (exact) mass is 161 g/mol. The Morgan fingerprint density at radius 1 is 1.33 bits per heavy atom. The SMILES string of the molecule is Cc1cc(N)c2n[nH]c(C)c2c1. The first-order chi connectivity index (χ1) is 5.68. The molecular formula is C9H11N3. The fourth-order valence-electron chi connectivity index (χ4n) is 1.42. The number of aromatic amines is 1. The predicted octanol–water partition coefficient (Wildman–Crippen LogP) is 1.76. The minimum absolute atomic E-state index is 0.745. The van der Waals surface area contributed by atoms with Gasteiger partial charge < -0.3 is 5.73 Å². The van der Waals surface area contributed by atoms with Crippen molar-refractivity contribution >= 4 is 16.6 Å². The molecule has 1 aromatic heterocycles. The molecule has 0 bridgehead atoms. The van der Waals surface area contributed by atoms with Gasteiger partial charge in [0.1, 0.15) is 5.52 Å². The number of hydrogen-bond donors (Lipinski definition) is 2. The molecule has 1 heterocycles. The van der Waals surface area contributed by atoms with E-state index < -0.39 is 0 Å². The lowest BCUT2D eigenvalue weighted by Gasteiger charge is -1.97. The van der Waals surface area contributed by atoms with Crippen LogP contribution in [0.3, 0.4) is 0 Å². The van der Waals surface area contributed by atoms with Crippen molar-refractivity contribution in [2.45, 2.75) is 13.8 Å². The molecule has 0 atom stereocenters. The zero-order valence-corrected chi connectivity index (χ0v) is 7.18. The summed E-state index contributed by atoms with van der Waals surface area (Å²) in [5, 5.41) is 8.14. The van der Waals surface area contributed by atoms with Crippen LogP contribution in [-0.2, 0) is 0 Å². The molecule has 0 aliphatic carbocycles. The zero-order valence-electron chi connectivity index (χ0n) is 7.18. The van der Waals surface area contributed by atoms with Gasteiger partial charge in [-0.1, -0.05) is 0 Å². The van der Waals surface area contributed by atoms with Crippen molar-refractivity contribution in [2.24, 2.45) is 0 Å². The first-order valence-corrected chi connectivity index (χ1v) is 3.89. The molecule has 0 amide bonds. The molecule has 3 nitrogen and oxygen atoms in total. The van der Waals surface area contributed by atoms with Crippen LogP contribution in [0, 0.1) is 13.8 Å². The average molecular weight is 161 g/mol. The highest BCUT2D eigenvalue weighted by atomic mass is 15.1. The quantitative estimate of drug-likeness (QED) is 0.578. The van der Waals surface area contributed by atoms with E-state index in [1.165, 1.54) is 5.56 Å². The number of nitrogens with one attached hydrogen (secondary N) is 1. The second-order valence-corrected chi connectivity index (χ2v) is 3.10. The fourth-order valence-corrected chi connectivity index (χ4v) is 1.42. The van der Waals surface area contributed by atoms with Gasteiger partial charge in [0.15, 0.2) is 0 Å². The van der Waals surface area contributed by atoms with Crippen molar-refractivity contribution in [2.75, 3.05) is 5.73 Å². The topological polar surface area (TPSA) is 54.7 Å². The number of aromatic nitrogens is 2. The summed E-state index contributed by atoms with van der Waals surface area (Å²) in [5.41, 5.74) is 9.65.